The number of likely N-dealkylation sites (tertiary alicyclic amines) is 1. The highest BCUT2D eigenvalue weighted by atomic mass is 79.9. The number of fused-ring (bicyclic) bond motifs is 1. The second kappa shape index (κ2) is 6.07. The Morgan fingerprint density at radius 1 is 1.33 bits per heavy atom. The minimum Gasteiger partial charge on any atom is -0.481 e. The van der Waals surface area contributed by atoms with E-state index < -0.39 is 11.9 Å². The summed E-state index contributed by atoms with van der Waals surface area (Å²) in [5.74, 6) is -1.32. The normalized spacial score (nSPS) is 17.8. The van der Waals surface area contributed by atoms with Crippen LogP contribution >= 0.6 is 28.3 Å². The van der Waals surface area contributed by atoms with Crippen LogP contribution in [0.25, 0.3) is 11.0 Å². The maximum Gasteiger partial charge on any atom is 0.308 e. The molecule has 0 aliphatic carbocycles. The first kappa shape index (κ1) is 15.9. The van der Waals surface area contributed by atoms with E-state index in [4.69, 9.17) is 9.52 Å². The highest BCUT2D eigenvalue weighted by molar-refractivity contribution is 9.10. The van der Waals surface area contributed by atoms with Gasteiger partial charge in [0.15, 0.2) is 5.76 Å². The Balaban J connectivity index is 0.00000161. The quantitative estimate of drug-likeness (QED) is 0.876. The predicted molar refractivity (Wildman–Crippen MR) is 82.8 cm³/mol. The van der Waals surface area contributed by atoms with Gasteiger partial charge in [0.25, 0.3) is 5.91 Å². The number of nitrogens with zero attached hydrogens (tertiary/aromatic N) is 1. The molecule has 0 radical (unpaired) electrons. The predicted octanol–water partition coefficient (Wildman–Crippen LogP) is 3.16. The van der Waals surface area contributed by atoms with Crippen LogP contribution in [0.2, 0.25) is 0 Å². The number of carboxylic acids is 1. The van der Waals surface area contributed by atoms with Crippen LogP contribution in [0, 0.1) is 5.92 Å². The second-order valence-corrected chi connectivity index (χ2v) is 5.78. The molecule has 5 nitrogen and oxygen atoms in total. The lowest BCUT2D eigenvalue weighted by Crippen LogP contribution is -2.29. The lowest BCUT2D eigenvalue weighted by molar-refractivity contribution is -0.141. The molecule has 1 aliphatic rings. The van der Waals surface area contributed by atoms with Crippen molar-refractivity contribution >= 4 is 51.2 Å². The molecule has 1 atom stereocenters. The maximum atomic E-state index is 12.3. The van der Waals surface area contributed by atoms with Crippen LogP contribution in [0.15, 0.2) is 33.2 Å². The third-order valence-electron chi connectivity index (χ3n) is 3.51. The molecule has 1 amide bonds. The first-order chi connectivity index (χ1) is 9.54. The topological polar surface area (TPSA) is 70.8 Å². The molecule has 2 aromatic rings. The minimum absolute atomic E-state index is 0. The lowest BCUT2D eigenvalue weighted by Gasteiger charge is -2.13. The summed E-state index contributed by atoms with van der Waals surface area (Å²) < 4.78 is 6.45. The molecule has 1 aromatic carbocycles. The Kier molecular flexibility index (Phi) is 4.58. The Morgan fingerprint density at radius 2 is 2.10 bits per heavy atom. The molecule has 21 heavy (non-hydrogen) atoms. The molecule has 1 saturated heterocycles. The average molecular weight is 375 g/mol. The highest BCUT2D eigenvalue weighted by Crippen LogP contribution is 2.25. The van der Waals surface area contributed by atoms with Gasteiger partial charge >= 0.3 is 5.97 Å². The van der Waals surface area contributed by atoms with E-state index in [1.807, 2.05) is 12.1 Å². The number of hydrogen-bond donors (Lipinski definition) is 1. The van der Waals surface area contributed by atoms with E-state index in [1.165, 1.54) is 4.90 Å². The van der Waals surface area contributed by atoms with Gasteiger partial charge in [-0.05, 0) is 30.7 Å². The minimum atomic E-state index is -0.853. The van der Waals surface area contributed by atoms with Crippen molar-refractivity contribution in [3.8, 4) is 0 Å². The van der Waals surface area contributed by atoms with Crippen LogP contribution in [0.3, 0.4) is 0 Å². The van der Waals surface area contributed by atoms with Crippen molar-refractivity contribution in [2.24, 2.45) is 5.92 Å². The van der Waals surface area contributed by atoms with Crippen LogP contribution in [0.4, 0.5) is 0 Å². The van der Waals surface area contributed by atoms with E-state index >= 15 is 0 Å². The van der Waals surface area contributed by atoms with E-state index in [-0.39, 0.29) is 30.6 Å². The van der Waals surface area contributed by atoms with E-state index in [0.717, 1.165) is 9.86 Å². The summed E-state index contributed by atoms with van der Waals surface area (Å²) in [6, 6.07) is 7.20. The number of rotatable bonds is 2. The number of carbonyl (C=O) groups excluding carboxylic acids is 1. The van der Waals surface area contributed by atoms with Gasteiger partial charge in [-0.25, -0.2) is 0 Å². The van der Waals surface area contributed by atoms with Crippen molar-refractivity contribution < 1.29 is 19.1 Å². The maximum absolute atomic E-state index is 12.3. The molecule has 0 spiro atoms. The van der Waals surface area contributed by atoms with Crippen molar-refractivity contribution in [3.63, 3.8) is 0 Å². The summed E-state index contributed by atoms with van der Waals surface area (Å²) in [4.78, 5) is 24.7. The van der Waals surface area contributed by atoms with E-state index in [0.29, 0.717) is 18.5 Å². The molecular formula is C14H13BrClNO4. The number of carbonyl (C=O) groups is 2. The number of benzene rings is 1. The van der Waals surface area contributed by atoms with Gasteiger partial charge in [0.2, 0.25) is 0 Å². The third-order valence-corrected chi connectivity index (χ3v) is 4.01. The molecule has 3 rings (SSSR count). The zero-order chi connectivity index (χ0) is 14.3. The van der Waals surface area contributed by atoms with Gasteiger partial charge in [-0.2, -0.15) is 0 Å². The van der Waals surface area contributed by atoms with Crippen molar-refractivity contribution in [2.75, 3.05) is 13.1 Å². The van der Waals surface area contributed by atoms with Gasteiger partial charge in [0.1, 0.15) is 5.58 Å². The van der Waals surface area contributed by atoms with Crippen molar-refractivity contribution in [1.29, 1.82) is 0 Å². The van der Waals surface area contributed by atoms with Crippen LogP contribution in [0.1, 0.15) is 17.0 Å². The number of amides is 1. The van der Waals surface area contributed by atoms with E-state index in [1.54, 1.807) is 12.1 Å². The fourth-order valence-corrected chi connectivity index (χ4v) is 2.80. The number of aliphatic carboxylic acids is 1. The van der Waals surface area contributed by atoms with E-state index in [2.05, 4.69) is 15.9 Å². The standard InChI is InChI=1S/C14H12BrNO4.ClH/c15-10-1-2-11-9(5-10)6-12(20-11)13(17)16-4-3-8(7-16)14(18)19;/h1-2,5-6,8H,3-4,7H2,(H,18,19);1H. The van der Waals surface area contributed by atoms with Crippen LogP contribution in [0.5, 0.6) is 0 Å². The summed E-state index contributed by atoms with van der Waals surface area (Å²) in [5, 5.41) is 9.81. The summed E-state index contributed by atoms with van der Waals surface area (Å²) in [7, 11) is 0. The van der Waals surface area contributed by atoms with Crippen molar-refractivity contribution in [2.45, 2.75) is 6.42 Å². The first-order valence-corrected chi connectivity index (χ1v) is 7.05. The van der Waals surface area contributed by atoms with Crippen LogP contribution in [-0.4, -0.2) is 35.0 Å². The van der Waals surface area contributed by atoms with Gasteiger partial charge in [-0.3, -0.25) is 9.59 Å². The molecule has 7 heteroatoms. The molecule has 1 unspecified atom stereocenters. The molecule has 1 aromatic heterocycles. The Hall–Kier alpha value is -1.53. The summed E-state index contributed by atoms with van der Waals surface area (Å²) in [5.41, 5.74) is 0.644. The van der Waals surface area contributed by atoms with E-state index in [9.17, 15) is 9.59 Å². The average Bonchev–Trinajstić information content (AvgIpc) is 3.03. The smallest absolute Gasteiger partial charge is 0.308 e. The van der Waals surface area contributed by atoms with Gasteiger partial charge in [0, 0.05) is 22.9 Å². The van der Waals surface area contributed by atoms with Crippen LogP contribution < -0.4 is 0 Å². The summed E-state index contributed by atoms with van der Waals surface area (Å²) in [6.45, 7) is 0.700. The number of hydrogen-bond acceptors (Lipinski definition) is 3. The summed E-state index contributed by atoms with van der Waals surface area (Å²) >= 11 is 3.37. The van der Waals surface area contributed by atoms with Gasteiger partial charge in [-0.15, -0.1) is 12.4 Å². The molecule has 0 bridgehead atoms. The monoisotopic (exact) mass is 373 g/mol. The second-order valence-electron chi connectivity index (χ2n) is 4.87. The molecule has 112 valence electrons. The molecule has 1 aliphatic heterocycles. The molecular weight excluding hydrogens is 362 g/mol. The molecule has 0 saturated carbocycles. The Morgan fingerprint density at radius 3 is 2.76 bits per heavy atom. The fraction of sp³-hybridized carbons (Fsp3) is 0.286. The summed E-state index contributed by atoms with van der Waals surface area (Å²) in [6.07, 6.45) is 0.493. The first-order valence-electron chi connectivity index (χ1n) is 6.26. The highest BCUT2D eigenvalue weighted by Gasteiger charge is 2.32. The van der Waals surface area contributed by atoms with Crippen LogP contribution in [-0.2, 0) is 4.79 Å². The van der Waals surface area contributed by atoms with Crippen molar-refractivity contribution in [3.05, 3.63) is 34.5 Å². The Labute approximate surface area is 135 Å². The van der Waals surface area contributed by atoms with Gasteiger partial charge in [0.05, 0.1) is 5.92 Å². The van der Waals surface area contributed by atoms with Gasteiger partial charge < -0.3 is 14.4 Å². The third kappa shape index (κ3) is 3.06. The fourth-order valence-electron chi connectivity index (χ4n) is 2.42. The largest absolute Gasteiger partial charge is 0.481 e. The molecule has 1 fully saturated rings. The van der Waals surface area contributed by atoms with Gasteiger partial charge in [-0.1, -0.05) is 15.9 Å². The number of furan rings is 1. The zero-order valence-corrected chi connectivity index (χ0v) is 13.3. The van der Waals surface area contributed by atoms with Crippen molar-refractivity contribution in [1.82, 2.24) is 4.90 Å². The number of carboxylic acid groups (broad SMARTS) is 1. The lowest BCUT2D eigenvalue weighted by atomic mass is 10.1. The zero-order valence-electron chi connectivity index (χ0n) is 10.9. The Bertz CT molecular complexity index is 699. The molecule has 2 heterocycles. The SMILES string of the molecule is Cl.O=C(O)C1CCN(C(=O)c2cc3cc(Br)ccc3o2)C1. The number of halogens is 2. The molecule has 1 N–H and O–H groups in total.